The van der Waals surface area contributed by atoms with E-state index in [1.54, 1.807) is 0 Å². The average Bonchev–Trinajstić information content (AvgIpc) is 2.97. The topological polar surface area (TPSA) is 55.1 Å². The third-order valence-electron chi connectivity index (χ3n) is 4.18. The zero-order chi connectivity index (χ0) is 18.2. The largest absolute Gasteiger partial charge is 0.436 e. The lowest BCUT2D eigenvalue weighted by atomic mass is 9.87. The fourth-order valence-electron chi connectivity index (χ4n) is 2.53. The minimum Gasteiger partial charge on any atom is -0.436 e. The van der Waals surface area contributed by atoms with Crippen LogP contribution in [0, 0.1) is 5.92 Å². The van der Waals surface area contributed by atoms with Crippen LogP contribution in [0.15, 0.2) is 46.9 Å². The quantitative estimate of drug-likeness (QED) is 0.698. The highest BCUT2D eigenvalue weighted by Gasteiger charge is 2.15. The Labute approximate surface area is 148 Å². The number of carbonyl (C=O) groups is 1. The molecule has 4 heteroatoms. The van der Waals surface area contributed by atoms with Gasteiger partial charge in [0.2, 0.25) is 11.8 Å². The molecule has 2 aromatic carbocycles. The number of amides is 1. The third kappa shape index (κ3) is 3.73. The van der Waals surface area contributed by atoms with E-state index in [0.717, 1.165) is 16.8 Å². The maximum absolute atomic E-state index is 11.8. The average molecular weight is 336 g/mol. The summed E-state index contributed by atoms with van der Waals surface area (Å²) in [6.45, 7) is 10.3. The van der Waals surface area contributed by atoms with Crippen LogP contribution in [0.4, 0.5) is 5.69 Å². The number of nitrogens with zero attached hydrogens (tertiary/aromatic N) is 1. The molecular weight excluding hydrogens is 312 g/mol. The first-order valence-corrected chi connectivity index (χ1v) is 8.56. The lowest BCUT2D eigenvalue weighted by Crippen LogP contribution is -2.17. The predicted molar refractivity (Wildman–Crippen MR) is 102 cm³/mol. The van der Waals surface area contributed by atoms with Gasteiger partial charge in [-0.3, -0.25) is 4.79 Å². The molecule has 25 heavy (non-hydrogen) atoms. The molecule has 0 unspecified atom stereocenters. The van der Waals surface area contributed by atoms with Gasteiger partial charge in [-0.15, -0.1) is 0 Å². The van der Waals surface area contributed by atoms with E-state index in [-0.39, 0.29) is 17.2 Å². The number of hydrogen-bond acceptors (Lipinski definition) is 3. The van der Waals surface area contributed by atoms with Crippen LogP contribution in [0.2, 0.25) is 0 Å². The molecule has 0 spiro atoms. The first-order valence-electron chi connectivity index (χ1n) is 8.56. The van der Waals surface area contributed by atoms with Crippen LogP contribution in [0.5, 0.6) is 0 Å². The lowest BCUT2D eigenvalue weighted by Gasteiger charge is -2.18. The van der Waals surface area contributed by atoms with Crippen molar-refractivity contribution in [3.8, 4) is 11.5 Å². The second-order valence-electron chi connectivity index (χ2n) is 7.67. The molecular formula is C21H24N2O2. The Bertz CT molecular complexity index is 900. The van der Waals surface area contributed by atoms with Gasteiger partial charge in [0.15, 0.2) is 5.58 Å². The maximum Gasteiger partial charge on any atom is 0.227 e. The summed E-state index contributed by atoms with van der Waals surface area (Å²) in [7, 11) is 0. The summed E-state index contributed by atoms with van der Waals surface area (Å²) in [6.07, 6.45) is 0. The first kappa shape index (κ1) is 17.2. The van der Waals surface area contributed by atoms with Crippen molar-refractivity contribution in [1.29, 1.82) is 0 Å². The molecule has 130 valence electrons. The van der Waals surface area contributed by atoms with Gasteiger partial charge in [0, 0.05) is 23.2 Å². The van der Waals surface area contributed by atoms with Gasteiger partial charge in [0.05, 0.1) is 0 Å². The van der Waals surface area contributed by atoms with Crippen molar-refractivity contribution in [2.24, 2.45) is 5.92 Å². The van der Waals surface area contributed by atoms with Crippen LogP contribution in [0.3, 0.4) is 0 Å². The number of nitrogens with one attached hydrogen (secondary N) is 1. The molecule has 3 rings (SSSR count). The SMILES string of the molecule is CC(C)C(=O)Nc1ccc2nc(-c3ccc(C(C)(C)C)cc3)oc2c1. The molecule has 0 aliphatic heterocycles. The molecule has 0 aliphatic rings. The van der Waals surface area contributed by atoms with E-state index in [2.05, 4.69) is 43.2 Å². The summed E-state index contributed by atoms with van der Waals surface area (Å²) < 4.78 is 5.90. The molecule has 3 aromatic rings. The number of aromatic nitrogens is 1. The Morgan fingerprint density at radius 3 is 2.36 bits per heavy atom. The number of anilines is 1. The van der Waals surface area contributed by atoms with Gasteiger partial charge < -0.3 is 9.73 Å². The molecule has 0 bridgehead atoms. The van der Waals surface area contributed by atoms with Gasteiger partial charge in [0.25, 0.3) is 0 Å². The van der Waals surface area contributed by atoms with Crippen molar-refractivity contribution < 1.29 is 9.21 Å². The number of benzene rings is 2. The summed E-state index contributed by atoms with van der Waals surface area (Å²) in [5.74, 6) is 0.502. The van der Waals surface area contributed by atoms with Crippen molar-refractivity contribution in [3.05, 3.63) is 48.0 Å². The molecule has 0 aliphatic carbocycles. The molecule has 1 amide bonds. The number of hydrogen-bond donors (Lipinski definition) is 1. The van der Waals surface area contributed by atoms with E-state index in [0.29, 0.717) is 11.5 Å². The molecule has 0 saturated carbocycles. The lowest BCUT2D eigenvalue weighted by molar-refractivity contribution is -0.118. The molecule has 0 saturated heterocycles. The highest BCUT2D eigenvalue weighted by Crippen LogP contribution is 2.29. The van der Waals surface area contributed by atoms with E-state index >= 15 is 0 Å². The van der Waals surface area contributed by atoms with Crippen molar-refractivity contribution in [2.75, 3.05) is 5.32 Å². The van der Waals surface area contributed by atoms with Crippen LogP contribution in [0.25, 0.3) is 22.6 Å². The van der Waals surface area contributed by atoms with Crippen molar-refractivity contribution in [2.45, 2.75) is 40.0 Å². The minimum absolute atomic E-state index is 0.0168. The summed E-state index contributed by atoms with van der Waals surface area (Å²) in [5.41, 5.74) is 4.48. The molecule has 0 fully saturated rings. The molecule has 0 radical (unpaired) electrons. The third-order valence-corrected chi connectivity index (χ3v) is 4.18. The maximum atomic E-state index is 11.8. The van der Waals surface area contributed by atoms with Gasteiger partial charge in [-0.2, -0.15) is 0 Å². The highest BCUT2D eigenvalue weighted by molar-refractivity contribution is 5.94. The van der Waals surface area contributed by atoms with Crippen molar-refractivity contribution in [1.82, 2.24) is 4.98 Å². The number of rotatable bonds is 3. The fourth-order valence-corrected chi connectivity index (χ4v) is 2.53. The zero-order valence-corrected chi connectivity index (χ0v) is 15.4. The normalized spacial score (nSPS) is 11.9. The van der Waals surface area contributed by atoms with E-state index in [1.165, 1.54) is 5.56 Å². The standard InChI is InChI=1S/C21H24N2O2/c1-13(2)19(24)22-16-10-11-17-18(12-16)25-20(23-17)14-6-8-15(9-7-14)21(3,4)5/h6-13H,1-5H3,(H,22,24). The second kappa shape index (κ2) is 6.36. The van der Waals surface area contributed by atoms with E-state index in [1.807, 2.05) is 44.2 Å². The van der Waals surface area contributed by atoms with E-state index in [4.69, 9.17) is 4.42 Å². The summed E-state index contributed by atoms with van der Waals surface area (Å²) >= 11 is 0. The highest BCUT2D eigenvalue weighted by atomic mass is 16.3. The van der Waals surface area contributed by atoms with Crippen LogP contribution >= 0.6 is 0 Å². The number of carbonyl (C=O) groups excluding carboxylic acids is 1. The Morgan fingerprint density at radius 2 is 1.76 bits per heavy atom. The van der Waals surface area contributed by atoms with Crippen LogP contribution in [-0.4, -0.2) is 10.9 Å². The van der Waals surface area contributed by atoms with Crippen LogP contribution < -0.4 is 5.32 Å². The monoisotopic (exact) mass is 336 g/mol. The summed E-state index contributed by atoms with van der Waals surface area (Å²) in [5, 5.41) is 2.88. The Balaban J connectivity index is 1.89. The minimum atomic E-state index is -0.0673. The smallest absolute Gasteiger partial charge is 0.227 e. The Kier molecular flexibility index (Phi) is 4.38. The van der Waals surface area contributed by atoms with Gasteiger partial charge in [-0.1, -0.05) is 46.8 Å². The summed E-state index contributed by atoms with van der Waals surface area (Å²) in [6, 6.07) is 13.8. The van der Waals surface area contributed by atoms with Gasteiger partial charge in [0.1, 0.15) is 5.52 Å². The molecule has 4 nitrogen and oxygen atoms in total. The van der Waals surface area contributed by atoms with Crippen molar-refractivity contribution >= 4 is 22.7 Å². The molecule has 0 atom stereocenters. The first-order chi connectivity index (χ1) is 11.7. The van der Waals surface area contributed by atoms with Crippen LogP contribution in [-0.2, 0) is 10.2 Å². The van der Waals surface area contributed by atoms with Gasteiger partial charge >= 0.3 is 0 Å². The molecule has 1 heterocycles. The fraction of sp³-hybridized carbons (Fsp3) is 0.333. The molecule has 1 aromatic heterocycles. The number of oxazole rings is 1. The predicted octanol–water partition coefficient (Wildman–Crippen LogP) is 5.39. The van der Waals surface area contributed by atoms with Gasteiger partial charge in [-0.05, 0) is 35.2 Å². The Morgan fingerprint density at radius 1 is 1.08 bits per heavy atom. The van der Waals surface area contributed by atoms with E-state index in [9.17, 15) is 4.79 Å². The van der Waals surface area contributed by atoms with E-state index < -0.39 is 0 Å². The summed E-state index contributed by atoms with van der Waals surface area (Å²) in [4.78, 5) is 16.4. The second-order valence-corrected chi connectivity index (χ2v) is 7.67. The molecule has 1 N–H and O–H groups in total. The van der Waals surface area contributed by atoms with Crippen molar-refractivity contribution in [3.63, 3.8) is 0 Å². The Hall–Kier alpha value is -2.62. The number of fused-ring (bicyclic) bond motifs is 1. The zero-order valence-electron chi connectivity index (χ0n) is 15.4. The van der Waals surface area contributed by atoms with Gasteiger partial charge in [-0.25, -0.2) is 4.98 Å². The van der Waals surface area contributed by atoms with Crippen LogP contribution in [0.1, 0.15) is 40.2 Å².